The minimum Gasteiger partial charge on any atom is -0.392 e. The summed E-state index contributed by atoms with van der Waals surface area (Å²) in [6, 6.07) is 18.0. The number of hydrogen-bond acceptors (Lipinski definition) is 3. The van der Waals surface area contributed by atoms with Gasteiger partial charge in [0.15, 0.2) is 0 Å². The van der Waals surface area contributed by atoms with Gasteiger partial charge in [0.25, 0.3) is 0 Å². The molecular weight excluding hydrogens is 635 g/mol. The molecule has 1 radical (unpaired) electrons. The Morgan fingerprint density at radius 3 is 2.16 bits per heavy atom. The molecule has 0 saturated heterocycles. The van der Waals surface area contributed by atoms with Crippen LogP contribution in [0.1, 0.15) is 64.5 Å². The van der Waals surface area contributed by atoms with Gasteiger partial charge in [-0.1, -0.05) is 78.3 Å². The van der Waals surface area contributed by atoms with E-state index >= 15 is 0 Å². The Hall–Kier alpha value is -1.58. The molecule has 203 valence electrons. The van der Waals surface area contributed by atoms with Crippen LogP contribution in [-0.2, 0) is 20.1 Å². The second-order valence-corrected chi connectivity index (χ2v) is 12.0. The van der Waals surface area contributed by atoms with E-state index in [2.05, 4.69) is 89.0 Å². The van der Waals surface area contributed by atoms with Crippen LogP contribution < -0.4 is 0 Å². The quantitative estimate of drug-likeness (QED) is 0.284. The van der Waals surface area contributed by atoms with Crippen molar-refractivity contribution in [3.8, 4) is 11.3 Å². The number of hydrogen-bond donors (Lipinski definition) is 2. The first-order valence-corrected chi connectivity index (χ1v) is 13.9. The number of rotatable bonds is 3. The molecule has 0 spiro atoms. The molecule has 3 aromatic rings. The van der Waals surface area contributed by atoms with E-state index in [0.29, 0.717) is 29.6 Å². The topological polar surface area (TPSA) is 53.4 Å². The number of aromatic nitrogens is 1. The second kappa shape index (κ2) is 13.0. The second-order valence-electron chi connectivity index (χ2n) is 12.0. The van der Waals surface area contributed by atoms with Crippen LogP contribution in [0.4, 0.5) is 0 Å². The summed E-state index contributed by atoms with van der Waals surface area (Å²) >= 11 is 0. The molecule has 0 amide bonds. The van der Waals surface area contributed by atoms with Crippen molar-refractivity contribution in [1.29, 1.82) is 0 Å². The Morgan fingerprint density at radius 2 is 1.51 bits per heavy atom. The van der Waals surface area contributed by atoms with Crippen LogP contribution in [0.5, 0.6) is 0 Å². The zero-order valence-corrected chi connectivity index (χ0v) is 25.6. The summed E-state index contributed by atoms with van der Waals surface area (Å²) in [4.78, 5) is 4.53. The van der Waals surface area contributed by atoms with Gasteiger partial charge < -0.3 is 15.2 Å². The first kappa shape index (κ1) is 30.0. The van der Waals surface area contributed by atoms with Crippen LogP contribution in [-0.4, -0.2) is 27.4 Å². The number of pyridine rings is 1. The Bertz CT molecular complexity index is 1140. The third-order valence-corrected chi connectivity index (χ3v) is 8.67. The van der Waals surface area contributed by atoms with Gasteiger partial charge >= 0.3 is 0 Å². The van der Waals surface area contributed by atoms with Gasteiger partial charge in [-0.05, 0) is 65.3 Å². The fourth-order valence-electron chi connectivity index (χ4n) is 6.73. The molecule has 1 aromatic heterocycles. The van der Waals surface area contributed by atoms with E-state index < -0.39 is 0 Å². The minimum absolute atomic E-state index is 0. The van der Waals surface area contributed by atoms with Gasteiger partial charge in [-0.25, -0.2) is 0 Å². The van der Waals surface area contributed by atoms with E-state index in [1.807, 2.05) is 12.3 Å². The van der Waals surface area contributed by atoms with Gasteiger partial charge in [0, 0.05) is 32.2 Å². The van der Waals surface area contributed by atoms with Crippen LogP contribution in [0, 0.1) is 55.4 Å². The number of aliphatic hydroxyl groups is 2. The molecule has 4 heteroatoms. The predicted octanol–water partition coefficient (Wildman–Crippen LogP) is 7.39. The average Bonchev–Trinajstić information content (AvgIpc) is 3.07. The van der Waals surface area contributed by atoms with Crippen LogP contribution in [0.15, 0.2) is 48.7 Å². The molecule has 2 aliphatic rings. The molecule has 1 heterocycles. The zero-order valence-electron chi connectivity index (χ0n) is 23.2. The third kappa shape index (κ3) is 6.90. The maximum atomic E-state index is 10.7. The van der Waals surface area contributed by atoms with Crippen molar-refractivity contribution in [2.45, 2.75) is 79.4 Å². The van der Waals surface area contributed by atoms with Gasteiger partial charge in [0.1, 0.15) is 0 Å². The molecule has 0 bridgehead atoms. The smallest absolute Gasteiger partial charge is 0.0626 e. The summed E-state index contributed by atoms with van der Waals surface area (Å²) in [5.74, 6) is 2.49. The Kier molecular flexibility index (Phi) is 10.5. The first-order chi connectivity index (χ1) is 17.2. The van der Waals surface area contributed by atoms with Crippen molar-refractivity contribution in [1.82, 2.24) is 4.98 Å². The van der Waals surface area contributed by atoms with Crippen LogP contribution in [0.3, 0.4) is 0 Å². The summed E-state index contributed by atoms with van der Waals surface area (Å²) in [6.07, 6.45) is 6.01. The monoisotopic (exact) mass is 679 g/mol. The van der Waals surface area contributed by atoms with Crippen molar-refractivity contribution in [2.75, 3.05) is 0 Å². The fourth-order valence-corrected chi connectivity index (χ4v) is 6.73. The number of benzene rings is 2. The number of fused-ring (bicyclic) bond motifs is 2. The van der Waals surface area contributed by atoms with E-state index in [1.165, 1.54) is 29.2 Å². The first-order valence-electron chi connectivity index (χ1n) is 13.9. The molecule has 37 heavy (non-hydrogen) atoms. The van der Waals surface area contributed by atoms with Crippen molar-refractivity contribution in [3.05, 3.63) is 65.9 Å². The summed E-state index contributed by atoms with van der Waals surface area (Å²) in [5.41, 5.74) is 4.45. The van der Waals surface area contributed by atoms with E-state index in [-0.39, 0.29) is 38.2 Å². The van der Waals surface area contributed by atoms with Gasteiger partial charge in [0.2, 0.25) is 0 Å². The normalized spacial score (nSPS) is 27.3. The number of nitrogens with zero attached hydrogens (tertiary/aromatic N) is 1. The zero-order chi connectivity index (χ0) is 26.0. The largest absolute Gasteiger partial charge is 0.392 e. The number of aliphatic hydroxyl groups excluding tert-OH is 2. The van der Waals surface area contributed by atoms with E-state index in [4.69, 9.17) is 0 Å². The molecule has 3 nitrogen and oxygen atoms in total. The molecule has 0 aliphatic heterocycles. The molecule has 4 unspecified atom stereocenters. The van der Waals surface area contributed by atoms with Gasteiger partial charge in [-0.3, -0.25) is 0 Å². The van der Waals surface area contributed by atoms with E-state index in [1.54, 1.807) is 0 Å². The van der Waals surface area contributed by atoms with E-state index in [0.717, 1.165) is 29.7 Å². The van der Waals surface area contributed by atoms with Crippen molar-refractivity contribution >= 4 is 10.8 Å². The van der Waals surface area contributed by atoms with Crippen LogP contribution >= 0.6 is 0 Å². The Morgan fingerprint density at radius 1 is 0.865 bits per heavy atom. The van der Waals surface area contributed by atoms with Crippen molar-refractivity contribution in [3.63, 3.8) is 0 Å². The fraction of sp³-hybridized carbons (Fsp3) is 0.545. The molecule has 2 aliphatic carbocycles. The Labute approximate surface area is 237 Å². The van der Waals surface area contributed by atoms with Crippen molar-refractivity contribution < 1.29 is 30.3 Å². The maximum absolute atomic E-state index is 10.7. The third-order valence-electron chi connectivity index (χ3n) is 8.67. The van der Waals surface area contributed by atoms with Crippen molar-refractivity contribution in [2.24, 2.45) is 35.5 Å². The van der Waals surface area contributed by atoms with E-state index in [9.17, 15) is 10.2 Å². The minimum atomic E-state index is -0.295. The standard InChI is InChI=1S/C17H14N.C16H30O2.Ir/c1-12-7-13(2)9-16(8-12)17-10-14-5-3-4-6-15(14)11-18-17;1-9(2)12-7-5-6-11-8-13(10(3)4)16(18)14(11)15(12)17;/h3-8,10-11H,1-2H3;9-18H,5-8H2,1-4H3;/q-1;;/t;11?,12-,13+,14?,15?,16?;/m.1./s1. The number of aryl methyl sites for hydroxylation is 2. The van der Waals surface area contributed by atoms with Gasteiger partial charge in [-0.2, -0.15) is 0 Å². The predicted molar refractivity (Wildman–Crippen MR) is 150 cm³/mol. The van der Waals surface area contributed by atoms with Gasteiger partial charge in [0.05, 0.1) is 12.2 Å². The molecule has 6 atom stereocenters. The SMILES string of the molecule is CC(C)[C@H]1CCCC2C[C@@H](C(C)C)C(O)C2C1O.Cc1[c-]c(-c2cc3ccccc3cn2)cc(C)c1.[Ir]. The molecule has 2 N–H and O–H groups in total. The summed E-state index contributed by atoms with van der Waals surface area (Å²) in [5, 5.41) is 23.7. The van der Waals surface area contributed by atoms with Gasteiger partial charge in [-0.15, -0.1) is 34.9 Å². The molecular formula is C33H44IrNO2-. The molecule has 5 rings (SSSR count). The summed E-state index contributed by atoms with van der Waals surface area (Å²) < 4.78 is 0. The molecule has 2 saturated carbocycles. The average molecular weight is 679 g/mol. The molecule has 2 aromatic carbocycles. The molecule has 2 fully saturated rings. The summed E-state index contributed by atoms with van der Waals surface area (Å²) in [7, 11) is 0. The summed E-state index contributed by atoms with van der Waals surface area (Å²) in [6.45, 7) is 13.0. The Balaban J connectivity index is 0.000000200. The van der Waals surface area contributed by atoms with Crippen LogP contribution in [0.2, 0.25) is 0 Å². The maximum Gasteiger partial charge on any atom is 0.0626 e. The van der Waals surface area contributed by atoms with Crippen LogP contribution in [0.25, 0.3) is 22.0 Å².